The maximum absolute atomic E-state index is 12.1. The number of halogens is 2. The molecule has 114 valence electrons. The zero-order valence-corrected chi connectivity index (χ0v) is 13.2. The summed E-state index contributed by atoms with van der Waals surface area (Å²) in [4.78, 5) is 23.3. The molecule has 0 saturated carbocycles. The molecule has 0 atom stereocenters. The van der Waals surface area contributed by atoms with E-state index in [-0.39, 0.29) is 11.9 Å². The molecule has 0 aromatic heterocycles. The molecule has 0 unspecified atom stereocenters. The van der Waals surface area contributed by atoms with E-state index in [1.807, 2.05) is 0 Å². The van der Waals surface area contributed by atoms with Gasteiger partial charge in [0, 0.05) is 17.7 Å². The number of carbonyl (C=O) groups excluding carboxylic acids is 2. The molecule has 0 fully saturated rings. The lowest BCUT2D eigenvalue weighted by Gasteiger charge is -2.07. The van der Waals surface area contributed by atoms with Crippen molar-refractivity contribution in [2.75, 3.05) is 5.32 Å². The molecule has 2 rings (SSSR count). The first-order valence-electron chi connectivity index (χ1n) is 6.56. The largest absolute Gasteiger partial charge is 0.427 e. The number of amides is 1. The molecule has 0 spiro atoms. The lowest BCUT2D eigenvalue weighted by Crippen LogP contribution is -2.12. The summed E-state index contributed by atoms with van der Waals surface area (Å²) in [5.41, 5.74) is 0.975. The van der Waals surface area contributed by atoms with E-state index in [0.29, 0.717) is 33.5 Å². The zero-order valence-electron chi connectivity index (χ0n) is 11.7. The van der Waals surface area contributed by atoms with Crippen LogP contribution in [0.2, 0.25) is 10.0 Å². The fraction of sp³-hybridized carbons (Fsp3) is 0.125. The number of ether oxygens (including phenoxy) is 1. The average Bonchev–Trinajstić information content (AvgIpc) is 2.51. The Kier molecular flexibility index (Phi) is 5.41. The number of carbonyl (C=O) groups is 2. The number of esters is 1. The Morgan fingerprint density at radius 1 is 1.05 bits per heavy atom. The first-order chi connectivity index (χ1) is 10.5. The van der Waals surface area contributed by atoms with Gasteiger partial charge in [-0.15, -0.1) is 0 Å². The predicted octanol–water partition coefficient (Wildman–Crippen LogP) is 4.56. The topological polar surface area (TPSA) is 55.4 Å². The quantitative estimate of drug-likeness (QED) is 0.657. The maximum atomic E-state index is 12.1. The van der Waals surface area contributed by atoms with Gasteiger partial charge in [0.2, 0.25) is 0 Å². The Balaban J connectivity index is 2.05. The summed E-state index contributed by atoms with van der Waals surface area (Å²) >= 11 is 11.7. The van der Waals surface area contributed by atoms with Gasteiger partial charge in [-0.05, 0) is 42.5 Å². The van der Waals surface area contributed by atoms with Crippen LogP contribution in [-0.4, -0.2) is 11.9 Å². The van der Waals surface area contributed by atoms with Gasteiger partial charge in [-0.1, -0.05) is 30.1 Å². The summed E-state index contributed by atoms with van der Waals surface area (Å²) in [6.07, 6.45) is 0.301. The molecule has 4 nitrogen and oxygen atoms in total. The number of hydrogen-bond donors (Lipinski definition) is 1. The van der Waals surface area contributed by atoms with Crippen molar-refractivity contribution in [1.82, 2.24) is 0 Å². The molecule has 22 heavy (non-hydrogen) atoms. The fourth-order valence-electron chi connectivity index (χ4n) is 1.65. The molecule has 2 aromatic rings. The van der Waals surface area contributed by atoms with Crippen molar-refractivity contribution in [2.24, 2.45) is 0 Å². The lowest BCUT2D eigenvalue weighted by molar-refractivity contribution is -0.134. The van der Waals surface area contributed by atoms with Crippen LogP contribution in [0.25, 0.3) is 0 Å². The highest BCUT2D eigenvalue weighted by molar-refractivity contribution is 6.42. The van der Waals surface area contributed by atoms with E-state index < -0.39 is 0 Å². The van der Waals surface area contributed by atoms with Gasteiger partial charge in [0.25, 0.3) is 5.91 Å². The first kappa shape index (κ1) is 16.3. The number of hydrogen-bond acceptors (Lipinski definition) is 3. The second-order valence-corrected chi connectivity index (χ2v) is 5.25. The molecule has 2 aromatic carbocycles. The third kappa shape index (κ3) is 4.23. The smallest absolute Gasteiger partial charge is 0.310 e. The summed E-state index contributed by atoms with van der Waals surface area (Å²) in [7, 11) is 0. The van der Waals surface area contributed by atoms with Crippen molar-refractivity contribution in [3.05, 3.63) is 58.1 Å². The fourth-order valence-corrected chi connectivity index (χ4v) is 1.95. The van der Waals surface area contributed by atoms with Crippen LogP contribution in [0.3, 0.4) is 0 Å². The minimum Gasteiger partial charge on any atom is -0.427 e. The number of anilines is 1. The van der Waals surface area contributed by atoms with Gasteiger partial charge in [-0.2, -0.15) is 0 Å². The number of benzene rings is 2. The first-order valence-corrected chi connectivity index (χ1v) is 7.32. The Morgan fingerprint density at radius 2 is 1.73 bits per heavy atom. The lowest BCUT2D eigenvalue weighted by atomic mass is 10.2. The molecular weight excluding hydrogens is 325 g/mol. The van der Waals surface area contributed by atoms with E-state index in [1.54, 1.807) is 43.3 Å². The summed E-state index contributed by atoms with van der Waals surface area (Å²) in [6.45, 7) is 1.72. The molecule has 0 aliphatic rings. The van der Waals surface area contributed by atoms with E-state index in [1.165, 1.54) is 6.07 Å². The van der Waals surface area contributed by atoms with Crippen LogP contribution in [0.4, 0.5) is 5.69 Å². The number of nitrogens with one attached hydrogen (secondary N) is 1. The van der Waals surface area contributed by atoms with Crippen molar-refractivity contribution >= 4 is 40.8 Å². The summed E-state index contributed by atoms with van der Waals surface area (Å²) in [6, 6.07) is 11.2. The van der Waals surface area contributed by atoms with E-state index in [9.17, 15) is 9.59 Å². The van der Waals surface area contributed by atoms with E-state index >= 15 is 0 Å². The molecular formula is C16H13Cl2NO3. The highest BCUT2D eigenvalue weighted by Crippen LogP contribution is 2.23. The van der Waals surface area contributed by atoms with E-state index in [0.717, 1.165) is 0 Å². The second kappa shape index (κ2) is 7.29. The highest BCUT2D eigenvalue weighted by Gasteiger charge is 2.09. The van der Waals surface area contributed by atoms with Crippen LogP contribution in [-0.2, 0) is 4.79 Å². The van der Waals surface area contributed by atoms with Gasteiger partial charge >= 0.3 is 5.97 Å². The average molecular weight is 338 g/mol. The molecule has 0 aliphatic heterocycles. The molecule has 0 saturated heterocycles. The van der Waals surface area contributed by atoms with Crippen LogP contribution < -0.4 is 10.1 Å². The Labute approximate surface area is 138 Å². The Hall–Kier alpha value is -2.04. The van der Waals surface area contributed by atoms with Crippen molar-refractivity contribution in [3.8, 4) is 5.75 Å². The highest BCUT2D eigenvalue weighted by atomic mass is 35.5. The molecule has 6 heteroatoms. The molecule has 0 heterocycles. The van der Waals surface area contributed by atoms with Gasteiger partial charge in [0.05, 0.1) is 10.0 Å². The molecule has 0 bridgehead atoms. The predicted molar refractivity (Wildman–Crippen MR) is 86.8 cm³/mol. The van der Waals surface area contributed by atoms with Gasteiger partial charge in [0.15, 0.2) is 0 Å². The normalized spacial score (nSPS) is 10.1. The Morgan fingerprint density at radius 3 is 2.32 bits per heavy atom. The van der Waals surface area contributed by atoms with Gasteiger partial charge in [-0.3, -0.25) is 9.59 Å². The minimum atomic E-state index is -0.312. The van der Waals surface area contributed by atoms with Gasteiger partial charge in [0.1, 0.15) is 5.75 Å². The molecule has 0 aliphatic carbocycles. The second-order valence-electron chi connectivity index (χ2n) is 4.44. The SMILES string of the molecule is CCC(=O)Oc1ccc(NC(=O)c2ccc(Cl)c(Cl)c2)cc1. The Bertz CT molecular complexity index is 699. The van der Waals surface area contributed by atoms with Crippen LogP contribution in [0.5, 0.6) is 5.75 Å². The zero-order chi connectivity index (χ0) is 16.1. The van der Waals surface area contributed by atoms with E-state index in [2.05, 4.69) is 5.32 Å². The standard InChI is InChI=1S/C16H13Cl2NO3/c1-2-15(20)22-12-6-4-11(5-7-12)19-16(21)10-3-8-13(17)14(18)9-10/h3-9H,2H2,1H3,(H,19,21). The molecule has 1 amide bonds. The van der Waals surface area contributed by atoms with Crippen molar-refractivity contribution in [1.29, 1.82) is 0 Å². The molecule has 0 radical (unpaired) electrons. The minimum absolute atomic E-state index is 0.301. The van der Waals surface area contributed by atoms with Crippen molar-refractivity contribution in [3.63, 3.8) is 0 Å². The van der Waals surface area contributed by atoms with Crippen LogP contribution >= 0.6 is 23.2 Å². The van der Waals surface area contributed by atoms with Crippen LogP contribution in [0, 0.1) is 0 Å². The van der Waals surface area contributed by atoms with Crippen LogP contribution in [0.15, 0.2) is 42.5 Å². The number of rotatable bonds is 4. The van der Waals surface area contributed by atoms with Crippen LogP contribution in [0.1, 0.15) is 23.7 Å². The van der Waals surface area contributed by atoms with Gasteiger partial charge in [-0.25, -0.2) is 0 Å². The third-order valence-corrected chi connectivity index (χ3v) is 3.55. The maximum Gasteiger partial charge on any atom is 0.310 e. The summed E-state index contributed by atoms with van der Waals surface area (Å²) in [5.74, 6) is -0.191. The van der Waals surface area contributed by atoms with E-state index in [4.69, 9.17) is 27.9 Å². The molecule has 1 N–H and O–H groups in total. The summed E-state index contributed by atoms with van der Waals surface area (Å²) in [5, 5.41) is 3.42. The van der Waals surface area contributed by atoms with Crippen molar-refractivity contribution in [2.45, 2.75) is 13.3 Å². The monoisotopic (exact) mass is 337 g/mol. The third-order valence-electron chi connectivity index (χ3n) is 2.81. The summed E-state index contributed by atoms with van der Waals surface area (Å²) < 4.78 is 5.05. The van der Waals surface area contributed by atoms with Crippen molar-refractivity contribution < 1.29 is 14.3 Å². The van der Waals surface area contributed by atoms with Gasteiger partial charge < -0.3 is 10.1 Å².